The van der Waals surface area contributed by atoms with Crippen LogP contribution in [-0.2, 0) is 0 Å². The van der Waals surface area contributed by atoms with Gasteiger partial charge in [-0.05, 0) is 61.7 Å². The number of nitro benzene ring substituents is 1. The first-order valence-electron chi connectivity index (χ1n) is 7.28. The first kappa shape index (κ1) is 15.1. The average Bonchev–Trinajstić information content (AvgIpc) is 2.48. The Kier molecular flexibility index (Phi) is 3.36. The summed E-state index contributed by atoms with van der Waals surface area (Å²) in [6.07, 6.45) is 0. The molecule has 2 aromatic carbocycles. The van der Waals surface area contributed by atoms with Gasteiger partial charge in [0.25, 0.3) is 5.69 Å². The van der Waals surface area contributed by atoms with Crippen molar-refractivity contribution in [2.75, 3.05) is 0 Å². The molecule has 0 saturated heterocycles. The summed E-state index contributed by atoms with van der Waals surface area (Å²) >= 11 is 0. The van der Waals surface area contributed by atoms with Crippen LogP contribution in [0.4, 0.5) is 5.69 Å². The van der Waals surface area contributed by atoms with Crippen LogP contribution < -0.4 is 4.74 Å². The van der Waals surface area contributed by atoms with Gasteiger partial charge in [0.15, 0.2) is 0 Å². The summed E-state index contributed by atoms with van der Waals surface area (Å²) in [6.45, 7) is 5.91. The second kappa shape index (κ2) is 5.12. The lowest BCUT2D eigenvalue weighted by atomic mass is 9.83. The standard InChI is InChI=1S/C18H17NO4/c1-11-17(12-4-6-13(7-5-12)19(21)22)15-9-8-14(20)10-16(15)23-18(11,2)3/h4-10,20H,1-3H3. The van der Waals surface area contributed by atoms with Crippen LogP contribution in [0.5, 0.6) is 11.5 Å². The molecule has 0 saturated carbocycles. The van der Waals surface area contributed by atoms with E-state index in [1.807, 2.05) is 20.8 Å². The van der Waals surface area contributed by atoms with Gasteiger partial charge in [-0.1, -0.05) is 0 Å². The van der Waals surface area contributed by atoms with Crippen LogP contribution in [0, 0.1) is 10.1 Å². The normalized spacial score (nSPS) is 15.8. The van der Waals surface area contributed by atoms with E-state index in [0.29, 0.717) is 5.75 Å². The van der Waals surface area contributed by atoms with Crippen molar-refractivity contribution < 1.29 is 14.8 Å². The minimum atomic E-state index is -0.530. The molecule has 1 N–H and O–H groups in total. The second-order valence-electron chi connectivity index (χ2n) is 6.10. The van der Waals surface area contributed by atoms with E-state index in [1.165, 1.54) is 12.1 Å². The second-order valence-corrected chi connectivity index (χ2v) is 6.10. The van der Waals surface area contributed by atoms with E-state index < -0.39 is 10.5 Å². The molecular formula is C18H17NO4. The highest BCUT2D eigenvalue weighted by atomic mass is 16.6. The maximum absolute atomic E-state index is 10.8. The number of fused-ring (bicyclic) bond motifs is 1. The lowest BCUT2D eigenvalue weighted by molar-refractivity contribution is -0.384. The number of benzene rings is 2. The number of ether oxygens (including phenoxy) is 1. The highest BCUT2D eigenvalue weighted by Gasteiger charge is 2.33. The van der Waals surface area contributed by atoms with Crippen LogP contribution in [0.25, 0.3) is 5.57 Å². The van der Waals surface area contributed by atoms with Crippen molar-refractivity contribution in [3.63, 3.8) is 0 Å². The Bertz CT molecular complexity index is 819. The third-order valence-corrected chi connectivity index (χ3v) is 4.24. The third kappa shape index (κ3) is 2.54. The van der Waals surface area contributed by atoms with Crippen molar-refractivity contribution in [3.05, 3.63) is 69.3 Å². The fraction of sp³-hybridized carbons (Fsp3) is 0.222. The van der Waals surface area contributed by atoms with Gasteiger partial charge in [0.05, 0.1) is 4.92 Å². The Balaban J connectivity index is 2.20. The Morgan fingerprint density at radius 3 is 2.39 bits per heavy atom. The zero-order valence-electron chi connectivity index (χ0n) is 13.2. The van der Waals surface area contributed by atoms with Crippen molar-refractivity contribution in [1.82, 2.24) is 0 Å². The molecule has 2 aromatic rings. The largest absolute Gasteiger partial charge is 0.508 e. The Labute approximate surface area is 134 Å². The number of hydrogen-bond acceptors (Lipinski definition) is 4. The van der Waals surface area contributed by atoms with E-state index in [4.69, 9.17) is 4.74 Å². The van der Waals surface area contributed by atoms with E-state index >= 15 is 0 Å². The van der Waals surface area contributed by atoms with Gasteiger partial charge in [0.2, 0.25) is 0 Å². The zero-order valence-corrected chi connectivity index (χ0v) is 13.2. The molecule has 23 heavy (non-hydrogen) atoms. The molecule has 1 heterocycles. The molecule has 3 rings (SSSR count). The average molecular weight is 311 g/mol. The molecule has 0 unspecified atom stereocenters. The quantitative estimate of drug-likeness (QED) is 0.663. The Hall–Kier alpha value is -2.82. The van der Waals surface area contributed by atoms with Crippen LogP contribution in [0.1, 0.15) is 31.9 Å². The highest BCUT2D eigenvalue weighted by molar-refractivity contribution is 5.87. The summed E-state index contributed by atoms with van der Waals surface area (Å²) in [5.41, 5.74) is 3.29. The minimum absolute atomic E-state index is 0.0595. The van der Waals surface area contributed by atoms with Crippen LogP contribution in [0.3, 0.4) is 0 Å². The van der Waals surface area contributed by atoms with Crippen molar-refractivity contribution in [1.29, 1.82) is 0 Å². The van der Waals surface area contributed by atoms with Gasteiger partial charge in [0.1, 0.15) is 17.1 Å². The van der Waals surface area contributed by atoms with Gasteiger partial charge < -0.3 is 9.84 Å². The molecule has 118 valence electrons. The molecule has 0 aliphatic carbocycles. The number of non-ortho nitro benzene ring substituents is 1. The van der Waals surface area contributed by atoms with Gasteiger partial charge in [-0.2, -0.15) is 0 Å². The lowest BCUT2D eigenvalue weighted by Gasteiger charge is -2.36. The molecule has 0 spiro atoms. The van der Waals surface area contributed by atoms with Gasteiger partial charge >= 0.3 is 0 Å². The van der Waals surface area contributed by atoms with E-state index in [2.05, 4.69) is 0 Å². The molecule has 1 aliphatic rings. The fourth-order valence-corrected chi connectivity index (χ4v) is 2.78. The van der Waals surface area contributed by atoms with Gasteiger partial charge in [-0.3, -0.25) is 10.1 Å². The number of phenolic OH excluding ortho intramolecular Hbond substituents is 1. The summed E-state index contributed by atoms with van der Waals surface area (Å²) in [5.74, 6) is 0.746. The van der Waals surface area contributed by atoms with Crippen LogP contribution in [0.2, 0.25) is 0 Å². The molecule has 0 atom stereocenters. The van der Waals surface area contributed by atoms with Crippen LogP contribution >= 0.6 is 0 Å². The smallest absolute Gasteiger partial charge is 0.269 e. The summed E-state index contributed by atoms with van der Waals surface area (Å²) in [7, 11) is 0. The number of aromatic hydroxyl groups is 1. The molecule has 0 fully saturated rings. The molecule has 0 radical (unpaired) electrons. The molecule has 5 heteroatoms. The highest BCUT2D eigenvalue weighted by Crippen LogP contribution is 2.44. The molecule has 0 amide bonds. The number of rotatable bonds is 2. The van der Waals surface area contributed by atoms with E-state index in [1.54, 1.807) is 30.3 Å². The molecule has 0 aromatic heterocycles. The molecule has 5 nitrogen and oxygen atoms in total. The summed E-state index contributed by atoms with van der Waals surface area (Å²) in [6, 6.07) is 11.5. The first-order valence-corrected chi connectivity index (χ1v) is 7.28. The van der Waals surface area contributed by atoms with Crippen LogP contribution in [0.15, 0.2) is 48.0 Å². The van der Waals surface area contributed by atoms with E-state index in [0.717, 1.165) is 22.3 Å². The molecule has 1 aliphatic heterocycles. The molecular weight excluding hydrogens is 294 g/mol. The maximum Gasteiger partial charge on any atom is 0.269 e. The summed E-state index contributed by atoms with van der Waals surface area (Å²) < 4.78 is 6.00. The lowest BCUT2D eigenvalue weighted by Crippen LogP contribution is -2.33. The number of nitro groups is 1. The zero-order chi connectivity index (χ0) is 16.8. The fourth-order valence-electron chi connectivity index (χ4n) is 2.78. The molecule has 0 bridgehead atoms. The topological polar surface area (TPSA) is 72.6 Å². The Morgan fingerprint density at radius 1 is 1.13 bits per heavy atom. The SMILES string of the molecule is CC1=C(c2ccc([N+](=O)[O-])cc2)c2ccc(O)cc2OC1(C)C. The van der Waals surface area contributed by atoms with E-state index in [-0.39, 0.29) is 11.4 Å². The minimum Gasteiger partial charge on any atom is -0.508 e. The summed E-state index contributed by atoms with van der Waals surface area (Å²) in [4.78, 5) is 10.4. The first-order chi connectivity index (χ1) is 10.8. The van der Waals surface area contributed by atoms with Gasteiger partial charge in [-0.25, -0.2) is 0 Å². The van der Waals surface area contributed by atoms with Crippen molar-refractivity contribution in [2.45, 2.75) is 26.4 Å². The number of hydrogen-bond donors (Lipinski definition) is 1. The Morgan fingerprint density at radius 2 is 1.78 bits per heavy atom. The number of phenols is 1. The summed E-state index contributed by atoms with van der Waals surface area (Å²) in [5, 5.41) is 20.5. The van der Waals surface area contributed by atoms with Gasteiger partial charge in [-0.15, -0.1) is 0 Å². The monoisotopic (exact) mass is 311 g/mol. The van der Waals surface area contributed by atoms with Crippen LogP contribution in [-0.4, -0.2) is 15.6 Å². The van der Waals surface area contributed by atoms with E-state index in [9.17, 15) is 15.2 Å². The third-order valence-electron chi connectivity index (χ3n) is 4.24. The van der Waals surface area contributed by atoms with Crippen molar-refractivity contribution in [3.8, 4) is 11.5 Å². The predicted molar refractivity (Wildman–Crippen MR) is 87.6 cm³/mol. The van der Waals surface area contributed by atoms with Crippen molar-refractivity contribution >= 4 is 11.3 Å². The van der Waals surface area contributed by atoms with Crippen molar-refractivity contribution in [2.24, 2.45) is 0 Å². The predicted octanol–water partition coefficient (Wildman–Crippen LogP) is 4.29. The maximum atomic E-state index is 10.8. The van der Waals surface area contributed by atoms with Gasteiger partial charge in [0, 0.05) is 23.8 Å². The number of nitrogens with zero attached hydrogens (tertiary/aromatic N) is 1.